The Morgan fingerprint density at radius 3 is 2.50 bits per heavy atom. The van der Waals surface area contributed by atoms with E-state index in [0.29, 0.717) is 17.9 Å². The lowest BCUT2D eigenvalue weighted by molar-refractivity contribution is 0.0947. The molecule has 0 aliphatic carbocycles. The summed E-state index contributed by atoms with van der Waals surface area (Å²) in [6, 6.07) is 7.17. The largest absolute Gasteiger partial charge is 0.359 e. The molecular formula is C12H10Br2N2O2. The zero-order chi connectivity index (χ0) is 13.1. The van der Waals surface area contributed by atoms with E-state index in [2.05, 4.69) is 42.3 Å². The Labute approximate surface area is 121 Å². The first-order valence-corrected chi connectivity index (χ1v) is 6.79. The molecule has 0 saturated carbocycles. The van der Waals surface area contributed by atoms with Crippen molar-refractivity contribution in [2.45, 2.75) is 13.5 Å². The molecule has 18 heavy (non-hydrogen) atoms. The van der Waals surface area contributed by atoms with Gasteiger partial charge in [0.05, 0.1) is 12.2 Å². The van der Waals surface area contributed by atoms with Crippen LogP contribution >= 0.6 is 31.9 Å². The van der Waals surface area contributed by atoms with Crippen LogP contribution < -0.4 is 5.32 Å². The van der Waals surface area contributed by atoms with Crippen LogP contribution in [-0.4, -0.2) is 11.1 Å². The molecule has 1 N–H and O–H groups in total. The maximum atomic E-state index is 11.9. The minimum Gasteiger partial charge on any atom is -0.359 e. The number of nitrogens with zero attached hydrogens (tertiary/aromatic N) is 1. The summed E-state index contributed by atoms with van der Waals surface area (Å²) in [5, 5.41) is 6.52. The molecule has 0 atom stereocenters. The molecule has 1 amide bonds. The molecule has 0 aliphatic rings. The van der Waals surface area contributed by atoms with Gasteiger partial charge < -0.3 is 9.84 Å². The van der Waals surface area contributed by atoms with Gasteiger partial charge in [-0.2, -0.15) is 0 Å². The van der Waals surface area contributed by atoms with E-state index in [9.17, 15) is 4.79 Å². The minimum absolute atomic E-state index is 0.161. The number of hydrogen-bond acceptors (Lipinski definition) is 3. The van der Waals surface area contributed by atoms with Gasteiger partial charge in [-0.1, -0.05) is 37.0 Å². The van der Waals surface area contributed by atoms with Gasteiger partial charge in [0.1, 0.15) is 0 Å². The fraction of sp³-hybridized carbons (Fsp3) is 0.167. The van der Waals surface area contributed by atoms with Crippen molar-refractivity contribution in [2.24, 2.45) is 0 Å². The standard InChI is InChI=1S/C12H10Br2N2O2/c1-7-2-11(18-16-7)6-15-12(17)8-3-9(13)5-10(14)4-8/h2-5H,6H2,1H3,(H,15,17). The molecule has 0 aliphatic heterocycles. The fourth-order valence-electron chi connectivity index (χ4n) is 1.45. The number of carbonyl (C=O) groups excluding carboxylic acids is 1. The van der Waals surface area contributed by atoms with E-state index < -0.39 is 0 Å². The quantitative estimate of drug-likeness (QED) is 0.896. The average molecular weight is 374 g/mol. The summed E-state index contributed by atoms with van der Waals surface area (Å²) in [5.74, 6) is 0.473. The van der Waals surface area contributed by atoms with Crippen LogP contribution in [0.2, 0.25) is 0 Å². The number of nitrogens with one attached hydrogen (secondary N) is 1. The highest BCUT2D eigenvalue weighted by atomic mass is 79.9. The van der Waals surface area contributed by atoms with Crippen LogP contribution in [0.5, 0.6) is 0 Å². The second-order valence-corrected chi connectivity index (χ2v) is 5.61. The molecule has 0 radical (unpaired) electrons. The molecule has 6 heteroatoms. The molecule has 0 spiro atoms. The molecule has 1 aromatic heterocycles. The molecule has 0 saturated heterocycles. The molecule has 4 nitrogen and oxygen atoms in total. The van der Waals surface area contributed by atoms with E-state index in [4.69, 9.17) is 4.52 Å². The second-order valence-electron chi connectivity index (χ2n) is 3.78. The SMILES string of the molecule is Cc1cc(CNC(=O)c2cc(Br)cc(Br)c2)on1. The maximum absolute atomic E-state index is 11.9. The number of rotatable bonds is 3. The van der Waals surface area contributed by atoms with Crippen molar-refractivity contribution in [3.05, 3.63) is 50.2 Å². The van der Waals surface area contributed by atoms with Crippen LogP contribution in [0.15, 0.2) is 37.7 Å². The van der Waals surface area contributed by atoms with Crippen LogP contribution in [0.4, 0.5) is 0 Å². The van der Waals surface area contributed by atoms with Crippen molar-refractivity contribution in [3.8, 4) is 0 Å². The van der Waals surface area contributed by atoms with Gasteiger partial charge in [-0.15, -0.1) is 0 Å². The number of hydrogen-bond donors (Lipinski definition) is 1. The van der Waals surface area contributed by atoms with E-state index >= 15 is 0 Å². The summed E-state index contributed by atoms with van der Waals surface area (Å²) in [6.45, 7) is 2.16. The van der Waals surface area contributed by atoms with Crippen LogP contribution in [-0.2, 0) is 6.54 Å². The Morgan fingerprint density at radius 2 is 1.94 bits per heavy atom. The smallest absolute Gasteiger partial charge is 0.251 e. The summed E-state index contributed by atoms with van der Waals surface area (Å²) in [4.78, 5) is 11.9. The third-order valence-corrected chi connectivity index (χ3v) is 3.14. The van der Waals surface area contributed by atoms with Crippen molar-refractivity contribution >= 4 is 37.8 Å². The Kier molecular flexibility index (Phi) is 4.19. The summed E-state index contributed by atoms with van der Waals surface area (Å²) < 4.78 is 6.70. The number of aromatic nitrogens is 1. The van der Waals surface area contributed by atoms with Crippen LogP contribution in [0, 0.1) is 6.92 Å². The Morgan fingerprint density at radius 1 is 1.28 bits per heavy atom. The van der Waals surface area contributed by atoms with Crippen molar-refractivity contribution in [3.63, 3.8) is 0 Å². The molecule has 0 unspecified atom stereocenters. The summed E-state index contributed by atoms with van der Waals surface area (Å²) >= 11 is 6.68. The molecule has 1 aromatic carbocycles. The molecule has 0 fully saturated rings. The van der Waals surface area contributed by atoms with E-state index in [1.165, 1.54) is 0 Å². The number of benzene rings is 1. The van der Waals surface area contributed by atoms with Gasteiger partial charge in [0.25, 0.3) is 5.91 Å². The summed E-state index contributed by atoms with van der Waals surface area (Å²) in [5.41, 5.74) is 1.37. The lowest BCUT2D eigenvalue weighted by Crippen LogP contribution is -2.22. The van der Waals surface area contributed by atoms with Crippen LogP contribution in [0.1, 0.15) is 21.8 Å². The first-order chi connectivity index (χ1) is 8.54. The van der Waals surface area contributed by atoms with Gasteiger partial charge in [-0.05, 0) is 25.1 Å². The lowest BCUT2D eigenvalue weighted by Gasteiger charge is -2.04. The van der Waals surface area contributed by atoms with Crippen molar-refractivity contribution in [1.82, 2.24) is 10.5 Å². The highest BCUT2D eigenvalue weighted by molar-refractivity contribution is 9.11. The predicted molar refractivity (Wildman–Crippen MR) is 74.3 cm³/mol. The van der Waals surface area contributed by atoms with Gasteiger partial charge in [0.15, 0.2) is 5.76 Å². The lowest BCUT2D eigenvalue weighted by atomic mass is 10.2. The van der Waals surface area contributed by atoms with Gasteiger partial charge in [-0.3, -0.25) is 4.79 Å². The van der Waals surface area contributed by atoms with Crippen LogP contribution in [0.25, 0.3) is 0 Å². The Balaban J connectivity index is 2.03. The van der Waals surface area contributed by atoms with Gasteiger partial charge in [-0.25, -0.2) is 0 Å². The first-order valence-electron chi connectivity index (χ1n) is 5.21. The topological polar surface area (TPSA) is 55.1 Å². The molecule has 2 aromatic rings. The highest BCUT2D eigenvalue weighted by Crippen LogP contribution is 2.20. The second kappa shape index (κ2) is 5.67. The zero-order valence-corrected chi connectivity index (χ0v) is 12.7. The molecule has 1 heterocycles. The van der Waals surface area contributed by atoms with Gasteiger partial charge in [0, 0.05) is 20.6 Å². The normalized spacial score (nSPS) is 10.4. The molecule has 0 bridgehead atoms. The monoisotopic (exact) mass is 372 g/mol. The highest BCUT2D eigenvalue weighted by Gasteiger charge is 2.08. The maximum Gasteiger partial charge on any atom is 0.251 e. The number of aryl methyl sites for hydroxylation is 1. The van der Waals surface area contributed by atoms with Gasteiger partial charge in [0.2, 0.25) is 0 Å². The zero-order valence-electron chi connectivity index (χ0n) is 9.54. The third kappa shape index (κ3) is 3.43. The Hall–Kier alpha value is -1.14. The van der Waals surface area contributed by atoms with E-state index in [1.807, 2.05) is 13.0 Å². The Bertz CT molecular complexity index is 561. The molecule has 94 valence electrons. The van der Waals surface area contributed by atoms with E-state index in [1.54, 1.807) is 18.2 Å². The van der Waals surface area contributed by atoms with Gasteiger partial charge >= 0.3 is 0 Å². The average Bonchev–Trinajstić information content (AvgIpc) is 2.70. The molecular weight excluding hydrogens is 364 g/mol. The minimum atomic E-state index is -0.161. The summed E-state index contributed by atoms with van der Waals surface area (Å²) in [7, 11) is 0. The van der Waals surface area contributed by atoms with Crippen molar-refractivity contribution < 1.29 is 9.32 Å². The van der Waals surface area contributed by atoms with Crippen molar-refractivity contribution in [1.29, 1.82) is 0 Å². The third-order valence-electron chi connectivity index (χ3n) is 2.22. The number of halogens is 2. The van der Waals surface area contributed by atoms with E-state index in [-0.39, 0.29) is 5.91 Å². The predicted octanol–water partition coefficient (Wildman–Crippen LogP) is 3.44. The summed E-state index contributed by atoms with van der Waals surface area (Å²) in [6.07, 6.45) is 0. The fourth-order valence-corrected chi connectivity index (χ4v) is 2.75. The first kappa shape index (κ1) is 13.3. The van der Waals surface area contributed by atoms with Crippen LogP contribution in [0.3, 0.4) is 0 Å². The number of amides is 1. The molecule has 2 rings (SSSR count). The number of carbonyl (C=O) groups is 1. The van der Waals surface area contributed by atoms with Crippen molar-refractivity contribution in [2.75, 3.05) is 0 Å². The van der Waals surface area contributed by atoms with E-state index in [0.717, 1.165) is 14.6 Å².